The van der Waals surface area contributed by atoms with Gasteiger partial charge in [0.1, 0.15) is 0 Å². The topological polar surface area (TPSA) is 139 Å². The number of guanidine groups is 1. The summed E-state index contributed by atoms with van der Waals surface area (Å²) in [7, 11) is 0. The zero-order valence-corrected chi connectivity index (χ0v) is 9.79. The van der Waals surface area contributed by atoms with Gasteiger partial charge in [-0.15, -0.1) is 0 Å². The van der Waals surface area contributed by atoms with Gasteiger partial charge in [0.25, 0.3) is 11.8 Å². The molecule has 1 unspecified atom stereocenters. The normalized spacial score (nSPS) is 17.7. The predicted octanol–water partition coefficient (Wildman–Crippen LogP) is -1.23. The van der Waals surface area contributed by atoms with Crippen LogP contribution in [-0.4, -0.2) is 39.4 Å². The summed E-state index contributed by atoms with van der Waals surface area (Å²) in [5.74, 6) is -2.86. The van der Waals surface area contributed by atoms with Crippen molar-refractivity contribution in [2.75, 3.05) is 0 Å². The zero-order valence-electron chi connectivity index (χ0n) is 9.79. The molecule has 98 valence electrons. The number of rotatable bonds is 5. The average molecular weight is 254 g/mol. The highest BCUT2D eigenvalue weighted by atomic mass is 16.4. The fourth-order valence-corrected chi connectivity index (χ4v) is 1.82. The SMILES string of the molecule is CCC(CC(=O)O)(N=C(N)N)N1C(=O)C=CC1=O. The Labute approximate surface area is 103 Å². The maximum absolute atomic E-state index is 11.6. The fourth-order valence-electron chi connectivity index (χ4n) is 1.82. The molecule has 8 nitrogen and oxygen atoms in total. The van der Waals surface area contributed by atoms with Crippen LogP contribution >= 0.6 is 0 Å². The van der Waals surface area contributed by atoms with E-state index in [1.54, 1.807) is 6.92 Å². The smallest absolute Gasteiger partial charge is 0.307 e. The van der Waals surface area contributed by atoms with Crippen LogP contribution in [0.25, 0.3) is 0 Å². The largest absolute Gasteiger partial charge is 0.481 e. The highest BCUT2D eigenvalue weighted by Gasteiger charge is 2.45. The van der Waals surface area contributed by atoms with E-state index in [1.807, 2.05) is 0 Å². The Morgan fingerprint density at radius 1 is 1.39 bits per heavy atom. The van der Waals surface area contributed by atoms with Crippen LogP contribution in [0.1, 0.15) is 19.8 Å². The Bertz CT molecular complexity index is 435. The van der Waals surface area contributed by atoms with Crippen molar-refractivity contribution in [3.63, 3.8) is 0 Å². The van der Waals surface area contributed by atoms with Gasteiger partial charge in [-0.2, -0.15) is 0 Å². The molecule has 0 aromatic carbocycles. The summed E-state index contributed by atoms with van der Waals surface area (Å²) >= 11 is 0. The van der Waals surface area contributed by atoms with Crippen molar-refractivity contribution in [3.8, 4) is 0 Å². The molecule has 0 aliphatic carbocycles. The van der Waals surface area contributed by atoms with Crippen molar-refractivity contribution in [3.05, 3.63) is 12.2 Å². The van der Waals surface area contributed by atoms with Gasteiger partial charge in [-0.3, -0.25) is 14.4 Å². The number of nitrogens with zero attached hydrogens (tertiary/aromatic N) is 2. The lowest BCUT2D eigenvalue weighted by Gasteiger charge is -2.35. The van der Waals surface area contributed by atoms with Gasteiger partial charge < -0.3 is 16.6 Å². The molecule has 1 aliphatic rings. The molecule has 8 heteroatoms. The number of imide groups is 1. The molecule has 0 bridgehead atoms. The van der Waals surface area contributed by atoms with Crippen LogP contribution in [0.3, 0.4) is 0 Å². The molecule has 0 saturated heterocycles. The third-order valence-corrected chi connectivity index (χ3v) is 2.56. The van der Waals surface area contributed by atoms with E-state index in [4.69, 9.17) is 16.6 Å². The third kappa shape index (κ3) is 2.47. The number of carbonyl (C=O) groups is 3. The minimum atomic E-state index is -1.58. The van der Waals surface area contributed by atoms with Gasteiger partial charge in [-0.25, -0.2) is 9.89 Å². The van der Waals surface area contributed by atoms with Gasteiger partial charge >= 0.3 is 5.97 Å². The molecule has 0 radical (unpaired) electrons. The lowest BCUT2D eigenvalue weighted by Crippen LogP contribution is -2.53. The number of carbonyl (C=O) groups excluding carboxylic acids is 2. The Balaban J connectivity index is 3.26. The molecular formula is C10H14N4O4. The molecule has 2 amide bonds. The van der Waals surface area contributed by atoms with Crippen LogP contribution < -0.4 is 11.5 Å². The molecular weight excluding hydrogens is 240 g/mol. The molecule has 0 aromatic rings. The molecule has 1 rings (SSSR count). The molecule has 18 heavy (non-hydrogen) atoms. The molecule has 1 heterocycles. The van der Waals surface area contributed by atoms with Crippen molar-refractivity contribution in [2.45, 2.75) is 25.4 Å². The molecule has 0 fully saturated rings. The van der Waals surface area contributed by atoms with Crippen molar-refractivity contribution >= 4 is 23.7 Å². The van der Waals surface area contributed by atoms with Crippen molar-refractivity contribution in [1.82, 2.24) is 4.90 Å². The van der Waals surface area contributed by atoms with E-state index < -0.39 is 29.9 Å². The number of carboxylic acids is 1. The third-order valence-electron chi connectivity index (χ3n) is 2.56. The quantitative estimate of drug-likeness (QED) is 0.319. The summed E-state index contributed by atoms with van der Waals surface area (Å²) in [6.45, 7) is 1.59. The summed E-state index contributed by atoms with van der Waals surface area (Å²) in [6, 6.07) is 0. The van der Waals surface area contributed by atoms with E-state index in [0.717, 1.165) is 17.1 Å². The number of nitrogens with two attached hydrogens (primary N) is 2. The van der Waals surface area contributed by atoms with E-state index in [9.17, 15) is 14.4 Å². The molecule has 0 saturated carbocycles. The number of aliphatic imine (C=N–C) groups is 1. The maximum atomic E-state index is 11.6. The second kappa shape index (κ2) is 4.86. The highest BCUT2D eigenvalue weighted by molar-refractivity contribution is 6.13. The zero-order chi connectivity index (χ0) is 13.9. The molecule has 0 spiro atoms. The Morgan fingerprint density at radius 3 is 2.22 bits per heavy atom. The molecule has 1 atom stereocenters. The van der Waals surface area contributed by atoms with Crippen LogP contribution in [0.15, 0.2) is 17.1 Å². The van der Waals surface area contributed by atoms with Gasteiger partial charge in [0.15, 0.2) is 11.6 Å². The summed E-state index contributed by atoms with van der Waals surface area (Å²) in [5.41, 5.74) is 8.93. The first-order valence-electron chi connectivity index (χ1n) is 5.21. The van der Waals surface area contributed by atoms with Crippen LogP contribution in [0.4, 0.5) is 0 Å². The standard InChI is InChI=1S/C10H14N4O4/c1-2-10(5-8(17)18,13-9(11)12)14-6(15)3-4-7(14)16/h3-4H,2,5H2,1H3,(H,17,18)(H4,11,12,13). The van der Waals surface area contributed by atoms with Crippen LogP contribution in [0, 0.1) is 0 Å². The van der Waals surface area contributed by atoms with Crippen molar-refractivity contribution in [1.29, 1.82) is 0 Å². The first-order chi connectivity index (χ1) is 8.32. The Morgan fingerprint density at radius 2 is 1.89 bits per heavy atom. The van der Waals surface area contributed by atoms with Gasteiger partial charge in [-0.1, -0.05) is 6.92 Å². The minimum absolute atomic E-state index is 0.0936. The van der Waals surface area contributed by atoms with E-state index in [2.05, 4.69) is 4.99 Å². The summed E-state index contributed by atoms with van der Waals surface area (Å²) in [6.07, 6.45) is 1.64. The van der Waals surface area contributed by atoms with Gasteiger partial charge in [0, 0.05) is 12.2 Å². The molecule has 1 aliphatic heterocycles. The highest BCUT2D eigenvalue weighted by Crippen LogP contribution is 2.29. The number of amides is 2. The summed E-state index contributed by atoms with van der Waals surface area (Å²) in [4.78, 5) is 38.7. The van der Waals surface area contributed by atoms with E-state index in [-0.39, 0.29) is 12.4 Å². The second-order valence-corrected chi connectivity index (χ2v) is 3.79. The van der Waals surface area contributed by atoms with Gasteiger partial charge in [0.2, 0.25) is 0 Å². The number of hydrogen-bond donors (Lipinski definition) is 3. The maximum Gasteiger partial charge on any atom is 0.307 e. The predicted molar refractivity (Wildman–Crippen MR) is 62.1 cm³/mol. The molecule has 5 N–H and O–H groups in total. The Kier molecular flexibility index (Phi) is 3.70. The first kappa shape index (κ1) is 13.7. The van der Waals surface area contributed by atoms with E-state index in [1.165, 1.54) is 0 Å². The van der Waals surface area contributed by atoms with Gasteiger partial charge in [0.05, 0.1) is 6.42 Å². The van der Waals surface area contributed by atoms with Crippen molar-refractivity contribution in [2.24, 2.45) is 16.5 Å². The average Bonchev–Trinajstić information content (AvgIpc) is 2.56. The fraction of sp³-hybridized carbons (Fsp3) is 0.400. The first-order valence-corrected chi connectivity index (χ1v) is 5.21. The van der Waals surface area contributed by atoms with Crippen LogP contribution in [0.2, 0.25) is 0 Å². The minimum Gasteiger partial charge on any atom is -0.481 e. The van der Waals surface area contributed by atoms with Crippen LogP contribution in [-0.2, 0) is 14.4 Å². The van der Waals surface area contributed by atoms with Crippen molar-refractivity contribution < 1.29 is 19.5 Å². The van der Waals surface area contributed by atoms with E-state index >= 15 is 0 Å². The Hall–Kier alpha value is -2.38. The van der Waals surface area contributed by atoms with Crippen LogP contribution in [0.5, 0.6) is 0 Å². The monoisotopic (exact) mass is 254 g/mol. The van der Waals surface area contributed by atoms with Gasteiger partial charge in [-0.05, 0) is 6.42 Å². The second-order valence-electron chi connectivity index (χ2n) is 3.79. The molecule has 0 aromatic heterocycles. The summed E-state index contributed by atoms with van der Waals surface area (Å²) < 4.78 is 0. The van der Waals surface area contributed by atoms with E-state index in [0.29, 0.717) is 0 Å². The number of hydrogen-bond acceptors (Lipinski definition) is 4. The lowest BCUT2D eigenvalue weighted by atomic mass is 10.0. The lowest BCUT2D eigenvalue weighted by molar-refractivity contribution is -0.148. The number of aliphatic carboxylic acids is 1. The summed E-state index contributed by atoms with van der Waals surface area (Å²) in [5, 5.41) is 8.91. The number of carboxylic acid groups (broad SMARTS) is 1.